The first-order valence-electron chi connectivity index (χ1n) is 7.03. The number of nitrogens with two attached hydrogens (primary N) is 2. The van der Waals surface area contributed by atoms with E-state index in [1.807, 2.05) is 36.8 Å². The Bertz CT molecular complexity index is 347. The van der Waals surface area contributed by atoms with Crippen molar-refractivity contribution in [1.82, 2.24) is 0 Å². The lowest BCUT2D eigenvalue weighted by molar-refractivity contribution is -0.138. The Hall–Kier alpha value is -0.940. The number of carboxylic acid groups (broad SMARTS) is 2. The number of rotatable bonds is 10. The molecule has 24 heavy (non-hydrogen) atoms. The second-order valence-electron chi connectivity index (χ2n) is 4.12. The molecule has 7 nitrogen and oxygen atoms in total. The highest BCUT2D eigenvalue weighted by Gasteiger charge is 2.09. The second kappa shape index (κ2) is 22.1. The van der Waals surface area contributed by atoms with Crippen molar-refractivity contribution in [2.45, 2.75) is 38.8 Å². The van der Waals surface area contributed by atoms with Gasteiger partial charge in [-0.15, -0.1) is 23.5 Å². The van der Waals surface area contributed by atoms with Crippen molar-refractivity contribution in [2.75, 3.05) is 11.5 Å². The maximum Gasteiger partial charge on any atom is 0.321 e. The summed E-state index contributed by atoms with van der Waals surface area (Å²) in [6.45, 7) is 4.04. The standard InChI is InChI=1S/2C7H13NO2S.OS/c2*1-2-3-4-11-5-6(8)7(9)10;1-2/h2*3-4,6H,2,5,8H2,1H3,(H,9,10);/t2*6-;/m00./s1. The van der Waals surface area contributed by atoms with E-state index in [1.165, 1.54) is 23.5 Å². The number of thioether (sulfide) groups is 2. The van der Waals surface area contributed by atoms with E-state index in [0.717, 1.165) is 12.8 Å². The smallest absolute Gasteiger partial charge is 0.321 e. The molecule has 140 valence electrons. The van der Waals surface area contributed by atoms with Gasteiger partial charge in [0, 0.05) is 11.5 Å². The van der Waals surface area contributed by atoms with E-state index in [-0.39, 0.29) is 0 Å². The van der Waals surface area contributed by atoms with E-state index in [4.69, 9.17) is 25.9 Å². The third-order valence-corrected chi connectivity index (χ3v) is 3.92. The molecule has 0 saturated heterocycles. The zero-order valence-corrected chi connectivity index (χ0v) is 16.2. The highest BCUT2D eigenvalue weighted by Crippen LogP contribution is 2.04. The first-order valence-corrected chi connectivity index (χ1v) is 9.46. The van der Waals surface area contributed by atoms with Gasteiger partial charge in [-0.2, -0.15) is 4.21 Å². The molecule has 0 amide bonds. The average molecular weight is 399 g/mol. The molecule has 0 spiro atoms. The number of hydrogen-bond donors (Lipinski definition) is 4. The van der Waals surface area contributed by atoms with Crippen LogP contribution in [0.1, 0.15) is 26.7 Å². The van der Waals surface area contributed by atoms with Crippen LogP contribution in [0, 0.1) is 0 Å². The highest BCUT2D eigenvalue weighted by atomic mass is 32.2. The number of carboxylic acids is 2. The van der Waals surface area contributed by atoms with Crippen LogP contribution < -0.4 is 11.5 Å². The van der Waals surface area contributed by atoms with Crippen molar-refractivity contribution in [3.63, 3.8) is 0 Å². The van der Waals surface area contributed by atoms with E-state index >= 15 is 0 Å². The molecule has 0 rings (SSSR count). The van der Waals surface area contributed by atoms with Crippen molar-refractivity contribution in [3.05, 3.63) is 23.0 Å². The second-order valence-corrected chi connectivity index (χ2v) is 5.99. The maximum absolute atomic E-state index is 10.2. The maximum atomic E-state index is 10.2. The third kappa shape index (κ3) is 23.3. The van der Waals surface area contributed by atoms with E-state index in [0.29, 0.717) is 11.5 Å². The molecule has 10 heteroatoms. The molecular formula is C14H26N2O5S3. The molecule has 0 saturated carbocycles. The summed E-state index contributed by atoms with van der Waals surface area (Å²) in [6, 6.07) is -1.50. The van der Waals surface area contributed by atoms with Crippen LogP contribution in [0.5, 0.6) is 0 Å². The summed E-state index contributed by atoms with van der Waals surface area (Å²) in [4.78, 5) is 20.4. The summed E-state index contributed by atoms with van der Waals surface area (Å²) < 4.78 is 7.83. The molecule has 0 radical (unpaired) electrons. The van der Waals surface area contributed by atoms with Crippen LogP contribution in [-0.4, -0.2) is 49.9 Å². The molecule has 0 unspecified atom stereocenters. The largest absolute Gasteiger partial charge is 0.480 e. The fourth-order valence-electron chi connectivity index (χ4n) is 0.790. The monoisotopic (exact) mass is 398 g/mol. The lowest BCUT2D eigenvalue weighted by Crippen LogP contribution is -2.32. The van der Waals surface area contributed by atoms with Gasteiger partial charge < -0.3 is 21.7 Å². The fraction of sp³-hybridized carbons (Fsp3) is 0.571. The van der Waals surface area contributed by atoms with Crippen molar-refractivity contribution < 1.29 is 24.0 Å². The van der Waals surface area contributed by atoms with Crippen LogP contribution >= 0.6 is 23.5 Å². The number of carbonyl (C=O) groups is 2. The van der Waals surface area contributed by atoms with Crippen molar-refractivity contribution in [3.8, 4) is 0 Å². The molecule has 0 aromatic carbocycles. The summed E-state index contributed by atoms with van der Waals surface area (Å²) in [5, 5.41) is 20.5. The van der Waals surface area contributed by atoms with Crippen molar-refractivity contribution in [2.24, 2.45) is 11.5 Å². The molecule has 0 aliphatic heterocycles. The topological polar surface area (TPSA) is 144 Å². The number of hydrogen-bond acceptors (Lipinski definition) is 8. The predicted octanol–water partition coefficient (Wildman–Crippen LogP) is 1.77. The highest BCUT2D eigenvalue weighted by molar-refractivity contribution is 8.02. The minimum atomic E-state index is -0.942. The molecule has 0 aromatic rings. The van der Waals surface area contributed by atoms with Gasteiger partial charge in [0.1, 0.15) is 12.1 Å². The Morgan fingerprint density at radius 1 is 0.917 bits per heavy atom. The molecule has 0 heterocycles. The van der Waals surface area contributed by atoms with Crippen molar-refractivity contribution >= 4 is 48.0 Å². The average Bonchev–Trinajstić information content (AvgIpc) is 2.57. The van der Waals surface area contributed by atoms with Gasteiger partial charge in [0.25, 0.3) is 0 Å². The van der Waals surface area contributed by atoms with Gasteiger partial charge in [0.2, 0.25) is 0 Å². The summed E-state index contributed by atoms with van der Waals surface area (Å²) in [6.07, 6.45) is 5.88. The van der Waals surface area contributed by atoms with Crippen LogP contribution in [-0.2, 0) is 22.1 Å². The third-order valence-electron chi connectivity index (χ3n) is 2.04. The Balaban J connectivity index is -0.000000333. The van der Waals surface area contributed by atoms with Gasteiger partial charge in [-0.05, 0) is 23.7 Å². The molecule has 0 aliphatic carbocycles. The van der Waals surface area contributed by atoms with E-state index in [2.05, 4.69) is 12.5 Å². The SMILES string of the molecule is CCC=CSC[C@H](N)C(=O)O.CCC=CSC[C@H](N)C(=O)O.O=S. The first kappa shape index (κ1) is 27.9. The molecule has 2 atom stereocenters. The van der Waals surface area contributed by atoms with Crippen LogP contribution in [0.4, 0.5) is 0 Å². The minimum Gasteiger partial charge on any atom is -0.480 e. The Labute approximate surface area is 156 Å². The fourth-order valence-corrected chi connectivity index (χ4v) is 2.37. The van der Waals surface area contributed by atoms with Gasteiger partial charge in [0.15, 0.2) is 12.5 Å². The molecule has 0 bridgehead atoms. The van der Waals surface area contributed by atoms with E-state index < -0.39 is 24.0 Å². The molecule has 0 aromatic heterocycles. The van der Waals surface area contributed by atoms with Crippen LogP contribution in [0.25, 0.3) is 0 Å². The van der Waals surface area contributed by atoms with Crippen LogP contribution in [0.2, 0.25) is 0 Å². The van der Waals surface area contributed by atoms with E-state index in [1.54, 1.807) is 0 Å². The molecular weight excluding hydrogens is 372 g/mol. The summed E-state index contributed by atoms with van der Waals surface area (Å²) >= 11 is 5.69. The molecule has 6 N–H and O–H groups in total. The van der Waals surface area contributed by atoms with Crippen LogP contribution in [0.3, 0.4) is 0 Å². The zero-order valence-electron chi connectivity index (χ0n) is 13.8. The molecule has 0 fully saturated rings. The number of allylic oxidation sites excluding steroid dienone is 2. The normalized spacial score (nSPS) is 12.7. The van der Waals surface area contributed by atoms with Crippen LogP contribution in [0.15, 0.2) is 23.0 Å². The van der Waals surface area contributed by atoms with E-state index in [9.17, 15) is 9.59 Å². The number of aliphatic carboxylic acids is 2. The van der Waals surface area contributed by atoms with Gasteiger partial charge in [-0.25, -0.2) is 0 Å². The lowest BCUT2D eigenvalue weighted by Gasteiger charge is -2.01. The summed E-state index contributed by atoms with van der Waals surface area (Å²) in [7, 11) is 0. The predicted molar refractivity (Wildman–Crippen MR) is 103 cm³/mol. The lowest BCUT2D eigenvalue weighted by atomic mass is 10.4. The van der Waals surface area contributed by atoms with Gasteiger partial charge in [-0.3, -0.25) is 9.59 Å². The van der Waals surface area contributed by atoms with Gasteiger partial charge in [0.05, 0.1) is 0 Å². The molecule has 0 aliphatic rings. The van der Waals surface area contributed by atoms with Gasteiger partial charge >= 0.3 is 11.9 Å². The first-order chi connectivity index (χ1) is 11.4. The van der Waals surface area contributed by atoms with Gasteiger partial charge in [-0.1, -0.05) is 26.0 Å². The zero-order chi connectivity index (χ0) is 19.4. The Morgan fingerprint density at radius 2 is 1.21 bits per heavy atom. The summed E-state index contributed by atoms with van der Waals surface area (Å²) in [5.41, 5.74) is 10.5. The summed E-state index contributed by atoms with van der Waals surface area (Å²) in [5.74, 6) is -1.01. The Kier molecular flexibility index (Phi) is 25.6. The Morgan fingerprint density at radius 3 is 1.42 bits per heavy atom. The quantitative estimate of drug-likeness (QED) is 0.429. The van der Waals surface area contributed by atoms with Crippen molar-refractivity contribution in [1.29, 1.82) is 0 Å². The minimum absolute atomic E-state index is 0.436.